The zero-order chi connectivity index (χ0) is 15.2. The van der Waals surface area contributed by atoms with Gasteiger partial charge in [0.1, 0.15) is 0 Å². The number of rotatable bonds is 4. The molecule has 0 spiro atoms. The van der Waals surface area contributed by atoms with Gasteiger partial charge in [-0.25, -0.2) is 0 Å². The average molecular weight is 279 g/mol. The van der Waals surface area contributed by atoms with E-state index in [0.717, 1.165) is 12.2 Å². The molecule has 2 aromatic rings. The lowest BCUT2D eigenvalue weighted by Gasteiger charge is -2.17. The van der Waals surface area contributed by atoms with Crippen LogP contribution < -0.4 is 10.2 Å². The largest absolute Gasteiger partial charge is 0.385 e. The van der Waals surface area contributed by atoms with Crippen LogP contribution in [0.5, 0.6) is 0 Å². The molecule has 2 aromatic carbocycles. The van der Waals surface area contributed by atoms with Gasteiger partial charge in [0.15, 0.2) is 0 Å². The van der Waals surface area contributed by atoms with Gasteiger partial charge >= 0.3 is 0 Å². The quantitative estimate of drug-likeness (QED) is 0.934. The fourth-order valence-corrected chi connectivity index (χ4v) is 2.03. The van der Waals surface area contributed by atoms with Crippen molar-refractivity contribution in [1.29, 1.82) is 5.26 Å². The van der Waals surface area contributed by atoms with Crippen LogP contribution in [0.15, 0.2) is 48.5 Å². The smallest absolute Gasteiger partial charge is 0.258 e. The summed E-state index contributed by atoms with van der Waals surface area (Å²) in [5, 5.41) is 12.1. The molecule has 0 unspecified atom stereocenters. The van der Waals surface area contributed by atoms with E-state index in [-0.39, 0.29) is 5.91 Å². The summed E-state index contributed by atoms with van der Waals surface area (Å²) >= 11 is 0. The first-order valence-electron chi connectivity index (χ1n) is 6.78. The minimum atomic E-state index is -0.104. The van der Waals surface area contributed by atoms with Crippen molar-refractivity contribution in [3.8, 4) is 6.07 Å². The number of hydrogen-bond acceptors (Lipinski definition) is 3. The Morgan fingerprint density at radius 3 is 2.57 bits per heavy atom. The van der Waals surface area contributed by atoms with E-state index in [2.05, 4.69) is 11.4 Å². The van der Waals surface area contributed by atoms with E-state index in [4.69, 9.17) is 5.26 Å². The third-order valence-electron chi connectivity index (χ3n) is 3.18. The van der Waals surface area contributed by atoms with Gasteiger partial charge in [-0.05, 0) is 49.4 Å². The maximum atomic E-state index is 12.4. The number of benzene rings is 2. The number of amides is 1. The Morgan fingerprint density at radius 1 is 1.24 bits per heavy atom. The van der Waals surface area contributed by atoms with Crippen molar-refractivity contribution in [3.63, 3.8) is 0 Å². The molecule has 0 atom stereocenters. The molecule has 0 aliphatic carbocycles. The van der Waals surface area contributed by atoms with Gasteiger partial charge in [0.25, 0.3) is 5.91 Å². The number of nitrogens with zero attached hydrogens (tertiary/aromatic N) is 2. The third kappa shape index (κ3) is 3.40. The summed E-state index contributed by atoms with van der Waals surface area (Å²) in [4.78, 5) is 14.0. The minimum absolute atomic E-state index is 0.104. The molecule has 0 heterocycles. The standard InChI is InChI=1S/C17H17N3O/c1-3-19-15-9-7-14(8-10-15)17(21)20(2)16-6-4-5-13(11-16)12-18/h4-11,19H,3H2,1-2H3. The first kappa shape index (κ1) is 14.6. The molecular weight excluding hydrogens is 262 g/mol. The van der Waals surface area contributed by atoms with Gasteiger partial charge in [0.05, 0.1) is 11.6 Å². The Labute approximate surface area is 124 Å². The molecule has 2 rings (SSSR count). The summed E-state index contributed by atoms with van der Waals surface area (Å²) in [5.41, 5.74) is 2.84. The molecule has 0 aromatic heterocycles. The van der Waals surface area contributed by atoms with Crippen molar-refractivity contribution in [2.24, 2.45) is 0 Å². The fraction of sp³-hybridized carbons (Fsp3) is 0.176. The molecule has 4 nitrogen and oxygen atoms in total. The van der Waals surface area contributed by atoms with Crippen LogP contribution in [0.3, 0.4) is 0 Å². The minimum Gasteiger partial charge on any atom is -0.385 e. The summed E-state index contributed by atoms with van der Waals surface area (Å²) in [6.45, 7) is 2.86. The topological polar surface area (TPSA) is 56.1 Å². The molecule has 0 aliphatic rings. The predicted octanol–water partition coefficient (Wildman–Crippen LogP) is 3.27. The van der Waals surface area contributed by atoms with Gasteiger partial charge < -0.3 is 10.2 Å². The molecule has 0 fully saturated rings. The van der Waals surface area contributed by atoms with Crippen molar-refractivity contribution in [3.05, 3.63) is 59.7 Å². The van der Waals surface area contributed by atoms with Gasteiger partial charge in [-0.15, -0.1) is 0 Å². The monoisotopic (exact) mass is 279 g/mol. The summed E-state index contributed by atoms with van der Waals surface area (Å²) in [5.74, 6) is -0.104. The highest BCUT2D eigenvalue weighted by Gasteiger charge is 2.13. The molecule has 1 amide bonds. The average Bonchev–Trinajstić information content (AvgIpc) is 2.54. The summed E-state index contributed by atoms with van der Waals surface area (Å²) < 4.78 is 0. The molecule has 0 bridgehead atoms. The number of nitrogens with one attached hydrogen (secondary N) is 1. The number of carbonyl (C=O) groups excluding carboxylic acids is 1. The van der Waals surface area contributed by atoms with Gasteiger partial charge in [0, 0.05) is 30.5 Å². The molecule has 0 radical (unpaired) electrons. The molecule has 0 saturated heterocycles. The number of nitriles is 1. The van der Waals surface area contributed by atoms with Gasteiger partial charge in [-0.1, -0.05) is 6.07 Å². The van der Waals surface area contributed by atoms with E-state index in [9.17, 15) is 4.79 Å². The van der Waals surface area contributed by atoms with E-state index in [0.29, 0.717) is 16.8 Å². The molecule has 21 heavy (non-hydrogen) atoms. The summed E-state index contributed by atoms with van der Waals surface area (Å²) in [6, 6.07) is 16.4. The van der Waals surface area contributed by atoms with E-state index in [1.54, 1.807) is 42.3 Å². The van der Waals surface area contributed by atoms with Crippen LogP contribution in [0.1, 0.15) is 22.8 Å². The third-order valence-corrected chi connectivity index (χ3v) is 3.18. The number of anilines is 2. The van der Waals surface area contributed by atoms with Crippen LogP contribution in [0, 0.1) is 11.3 Å². The first-order chi connectivity index (χ1) is 10.2. The highest BCUT2D eigenvalue weighted by molar-refractivity contribution is 6.05. The van der Waals surface area contributed by atoms with Crippen molar-refractivity contribution in [1.82, 2.24) is 0 Å². The molecule has 106 valence electrons. The van der Waals surface area contributed by atoms with E-state index < -0.39 is 0 Å². The second-order valence-corrected chi connectivity index (χ2v) is 4.63. The normalized spacial score (nSPS) is 9.76. The van der Waals surface area contributed by atoms with Crippen molar-refractivity contribution < 1.29 is 4.79 Å². The Balaban J connectivity index is 2.20. The van der Waals surface area contributed by atoms with Crippen LogP contribution >= 0.6 is 0 Å². The van der Waals surface area contributed by atoms with E-state index in [1.807, 2.05) is 25.1 Å². The van der Waals surface area contributed by atoms with Crippen molar-refractivity contribution in [2.45, 2.75) is 6.92 Å². The van der Waals surface area contributed by atoms with Crippen molar-refractivity contribution >= 4 is 17.3 Å². The maximum absolute atomic E-state index is 12.4. The highest BCUT2D eigenvalue weighted by Crippen LogP contribution is 2.18. The first-order valence-corrected chi connectivity index (χ1v) is 6.78. The molecule has 0 saturated carbocycles. The SMILES string of the molecule is CCNc1ccc(C(=O)N(C)c2cccc(C#N)c2)cc1. The predicted molar refractivity (Wildman–Crippen MR) is 84.5 cm³/mol. The molecule has 0 aliphatic heterocycles. The van der Waals surface area contributed by atoms with Crippen LogP contribution in [-0.4, -0.2) is 19.5 Å². The zero-order valence-corrected chi connectivity index (χ0v) is 12.1. The Morgan fingerprint density at radius 2 is 1.95 bits per heavy atom. The lowest BCUT2D eigenvalue weighted by Crippen LogP contribution is -2.26. The lowest BCUT2D eigenvalue weighted by atomic mass is 10.1. The van der Waals surface area contributed by atoms with Gasteiger partial charge in [-0.2, -0.15) is 5.26 Å². The van der Waals surface area contributed by atoms with Crippen LogP contribution in [-0.2, 0) is 0 Å². The fourth-order valence-electron chi connectivity index (χ4n) is 2.03. The van der Waals surface area contributed by atoms with Crippen LogP contribution in [0.4, 0.5) is 11.4 Å². The molecule has 4 heteroatoms. The summed E-state index contributed by atoms with van der Waals surface area (Å²) in [6.07, 6.45) is 0. The number of carbonyl (C=O) groups is 1. The zero-order valence-electron chi connectivity index (χ0n) is 12.1. The molecule has 1 N–H and O–H groups in total. The van der Waals surface area contributed by atoms with E-state index in [1.165, 1.54) is 0 Å². The lowest BCUT2D eigenvalue weighted by molar-refractivity contribution is 0.0993. The highest BCUT2D eigenvalue weighted by atomic mass is 16.2. The number of hydrogen-bond donors (Lipinski definition) is 1. The van der Waals surface area contributed by atoms with Gasteiger partial charge in [0.2, 0.25) is 0 Å². The Kier molecular flexibility index (Phi) is 4.57. The van der Waals surface area contributed by atoms with Crippen LogP contribution in [0.25, 0.3) is 0 Å². The Bertz CT molecular complexity index is 671. The summed E-state index contributed by atoms with van der Waals surface area (Å²) in [7, 11) is 1.71. The van der Waals surface area contributed by atoms with Crippen molar-refractivity contribution in [2.75, 3.05) is 23.8 Å². The maximum Gasteiger partial charge on any atom is 0.258 e. The van der Waals surface area contributed by atoms with E-state index >= 15 is 0 Å². The van der Waals surface area contributed by atoms with Gasteiger partial charge in [-0.3, -0.25) is 4.79 Å². The second-order valence-electron chi connectivity index (χ2n) is 4.63. The second kappa shape index (κ2) is 6.58. The Hall–Kier alpha value is -2.80. The molecular formula is C17H17N3O. The van der Waals surface area contributed by atoms with Crippen LogP contribution in [0.2, 0.25) is 0 Å².